The van der Waals surface area contributed by atoms with Gasteiger partial charge in [-0.1, -0.05) is 43.6 Å². The molecule has 0 radical (unpaired) electrons. The molecule has 1 amide bonds. The van der Waals surface area contributed by atoms with E-state index >= 15 is 0 Å². The third-order valence-electron chi connectivity index (χ3n) is 2.63. The highest BCUT2D eigenvalue weighted by Gasteiger charge is 2.15. The zero-order chi connectivity index (χ0) is 12.8. The van der Waals surface area contributed by atoms with Gasteiger partial charge in [0.05, 0.1) is 6.42 Å². The van der Waals surface area contributed by atoms with Crippen molar-refractivity contribution in [3.8, 4) is 0 Å². The summed E-state index contributed by atoms with van der Waals surface area (Å²) >= 11 is 11.8. The average Bonchev–Trinajstić information content (AvgIpc) is 2.28. The maximum atomic E-state index is 11.8. The van der Waals surface area contributed by atoms with E-state index in [4.69, 9.17) is 23.2 Å². The number of halogens is 2. The van der Waals surface area contributed by atoms with E-state index in [-0.39, 0.29) is 11.9 Å². The highest BCUT2D eigenvalue weighted by Crippen LogP contribution is 2.15. The molecule has 2 nitrogen and oxygen atoms in total. The van der Waals surface area contributed by atoms with Crippen LogP contribution in [-0.2, 0) is 11.2 Å². The normalized spacial score (nSPS) is 12.5. The van der Waals surface area contributed by atoms with Gasteiger partial charge in [0.2, 0.25) is 5.91 Å². The van der Waals surface area contributed by atoms with E-state index in [9.17, 15) is 4.79 Å². The molecule has 1 N–H and O–H groups in total. The van der Waals surface area contributed by atoms with Crippen molar-refractivity contribution < 1.29 is 4.79 Å². The van der Waals surface area contributed by atoms with Crippen molar-refractivity contribution in [1.82, 2.24) is 5.32 Å². The Hall–Kier alpha value is -0.730. The lowest BCUT2D eigenvalue weighted by Gasteiger charge is -2.19. The number of alkyl halides is 1. The molecule has 0 heterocycles. The van der Waals surface area contributed by atoms with E-state index in [1.54, 1.807) is 6.07 Å². The fraction of sp³-hybridized carbons (Fsp3) is 0.462. The van der Waals surface area contributed by atoms with Crippen molar-refractivity contribution in [2.24, 2.45) is 5.92 Å². The van der Waals surface area contributed by atoms with E-state index in [1.807, 2.05) is 32.0 Å². The van der Waals surface area contributed by atoms with Crippen LogP contribution in [0.15, 0.2) is 24.3 Å². The highest BCUT2D eigenvalue weighted by molar-refractivity contribution is 6.31. The Labute approximate surface area is 112 Å². The van der Waals surface area contributed by atoms with E-state index < -0.39 is 0 Å². The standard InChI is InChI=1S/C13H17Cl2NO/c1-9(2)12(8-14)16-13(17)7-10-5-3-4-6-11(10)15/h3-6,9,12H,7-8H2,1-2H3,(H,16,17). The third kappa shape index (κ3) is 4.57. The average molecular weight is 274 g/mol. The molecule has 94 valence electrons. The first kappa shape index (κ1) is 14.3. The minimum atomic E-state index is -0.0440. The largest absolute Gasteiger partial charge is 0.352 e. The van der Waals surface area contributed by atoms with Gasteiger partial charge in [0, 0.05) is 16.9 Å². The van der Waals surface area contributed by atoms with Gasteiger partial charge >= 0.3 is 0 Å². The van der Waals surface area contributed by atoms with Gasteiger partial charge in [-0.25, -0.2) is 0 Å². The Balaban J connectivity index is 2.58. The molecule has 1 rings (SSSR count). The predicted octanol–water partition coefficient (Wildman–Crippen LogP) is 3.26. The molecule has 0 saturated heterocycles. The van der Waals surface area contributed by atoms with Crippen molar-refractivity contribution in [1.29, 1.82) is 0 Å². The van der Waals surface area contributed by atoms with Crippen LogP contribution >= 0.6 is 23.2 Å². The van der Waals surface area contributed by atoms with Gasteiger partial charge in [-0.05, 0) is 17.5 Å². The molecule has 1 atom stereocenters. The van der Waals surface area contributed by atoms with Crippen LogP contribution < -0.4 is 5.32 Å². The van der Waals surface area contributed by atoms with Gasteiger partial charge in [-0.3, -0.25) is 4.79 Å². The number of hydrogen-bond donors (Lipinski definition) is 1. The molecule has 1 unspecified atom stereocenters. The van der Waals surface area contributed by atoms with E-state index in [0.717, 1.165) is 5.56 Å². The predicted molar refractivity (Wildman–Crippen MR) is 72.6 cm³/mol. The summed E-state index contributed by atoms with van der Waals surface area (Å²) in [5.41, 5.74) is 0.837. The maximum absolute atomic E-state index is 11.8. The Morgan fingerprint density at radius 1 is 1.35 bits per heavy atom. The molecule has 1 aromatic rings. The lowest BCUT2D eigenvalue weighted by atomic mass is 10.1. The highest BCUT2D eigenvalue weighted by atomic mass is 35.5. The van der Waals surface area contributed by atoms with Crippen LogP contribution in [0.5, 0.6) is 0 Å². The van der Waals surface area contributed by atoms with Crippen LogP contribution in [0.25, 0.3) is 0 Å². The Morgan fingerprint density at radius 2 is 2.00 bits per heavy atom. The van der Waals surface area contributed by atoms with Crippen molar-refractivity contribution in [2.45, 2.75) is 26.3 Å². The number of rotatable bonds is 5. The van der Waals surface area contributed by atoms with Gasteiger partial charge < -0.3 is 5.32 Å². The molecule has 0 aliphatic heterocycles. The fourth-order valence-electron chi connectivity index (χ4n) is 1.46. The second-order valence-corrected chi connectivity index (χ2v) is 5.06. The number of nitrogens with one attached hydrogen (secondary N) is 1. The summed E-state index contributed by atoms with van der Waals surface area (Å²) in [7, 11) is 0. The lowest BCUT2D eigenvalue weighted by molar-refractivity contribution is -0.121. The summed E-state index contributed by atoms with van der Waals surface area (Å²) < 4.78 is 0. The zero-order valence-electron chi connectivity index (χ0n) is 10.0. The molecule has 0 aliphatic rings. The molecule has 0 bridgehead atoms. The summed E-state index contributed by atoms with van der Waals surface area (Å²) in [5.74, 6) is 0.700. The Bertz CT molecular complexity index is 379. The molecule has 0 spiro atoms. The van der Waals surface area contributed by atoms with Crippen LogP contribution in [0.3, 0.4) is 0 Å². The quantitative estimate of drug-likeness (QED) is 0.820. The minimum Gasteiger partial charge on any atom is -0.352 e. The van der Waals surface area contributed by atoms with Crippen molar-refractivity contribution >= 4 is 29.1 Å². The van der Waals surface area contributed by atoms with Crippen molar-refractivity contribution in [3.05, 3.63) is 34.9 Å². The smallest absolute Gasteiger partial charge is 0.224 e. The first-order chi connectivity index (χ1) is 8.04. The SMILES string of the molecule is CC(C)C(CCl)NC(=O)Cc1ccccc1Cl. The number of benzene rings is 1. The van der Waals surface area contributed by atoms with Gasteiger partial charge in [-0.2, -0.15) is 0 Å². The van der Waals surface area contributed by atoms with E-state index in [1.165, 1.54) is 0 Å². The number of carbonyl (C=O) groups is 1. The minimum absolute atomic E-state index is 0.00616. The molecular weight excluding hydrogens is 257 g/mol. The molecule has 0 saturated carbocycles. The second kappa shape index (κ2) is 6.87. The first-order valence-corrected chi connectivity index (χ1v) is 6.54. The van der Waals surface area contributed by atoms with E-state index in [2.05, 4.69) is 5.32 Å². The summed E-state index contributed by atoms with van der Waals surface area (Å²) in [4.78, 5) is 11.8. The van der Waals surface area contributed by atoms with E-state index in [0.29, 0.717) is 23.2 Å². The molecule has 0 aromatic heterocycles. The third-order valence-corrected chi connectivity index (χ3v) is 3.33. The van der Waals surface area contributed by atoms with Crippen molar-refractivity contribution in [2.75, 3.05) is 5.88 Å². The lowest BCUT2D eigenvalue weighted by Crippen LogP contribution is -2.40. The Kier molecular flexibility index (Phi) is 5.79. The van der Waals surface area contributed by atoms with Gasteiger partial charge in [-0.15, -0.1) is 11.6 Å². The van der Waals surface area contributed by atoms with Crippen LogP contribution in [0.1, 0.15) is 19.4 Å². The molecular formula is C13H17Cl2NO. The Morgan fingerprint density at radius 3 is 2.53 bits per heavy atom. The number of hydrogen-bond acceptors (Lipinski definition) is 1. The first-order valence-electron chi connectivity index (χ1n) is 5.63. The molecule has 0 aliphatic carbocycles. The zero-order valence-corrected chi connectivity index (χ0v) is 11.6. The van der Waals surface area contributed by atoms with Crippen LogP contribution in [-0.4, -0.2) is 17.8 Å². The van der Waals surface area contributed by atoms with Gasteiger partial charge in [0.25, 0.3) is 0 Å². The fourth-order valence-corrected chi connectivity index (χ4v) is 2.09. The van der Waals surface area contributed by atoms with Gasteiger partial charge in [0.15, 0.2) is 0 Å². The molecule has 1 aromatic carbocycles. The summed E-state index contributed by atoms with van der Waals surface area (Å²) in [6, 6.07) is 7.36. The van der Waals surface area contributed by atoms with Crippen LogP contribution in [0.4, 0.5) is 0 Å². The summed E-state index contributed by atoms with van der Waals surface area (Å²) in [6.45, 7) is 4.06. The topological polar surface area (TPSA) is 29.1 Å². The monoisotopic (exact) mass is 273 g/mol. The van der Waals surface area contributed by atoms with Crippen LogP contribution in [0, 0.1) is 5.92 Å². The van der Waals surface area contributed by atoms with Gasteiger partial charge in [0.1, 0.15) is 0 Å². The van der Waals surface area contributed by atoms with Crippen LogP contribution in [0.2, 0.25) is 5.02 Å². The number of amides is 1. The summed E-state index contributed by atoms with van der Waals surface area (Å²) in [5, 5.41) is 3.53. The molecule has 0 fully saturated rings. The second-order valence-electron chi connectivity index (χ2n) is 4.34. The molecule has 4 heteroatoms. The molecule has 17 heavy (non-hydrogen) atoms. The maximum Gasteiger partial charge on any atom is 0.224 e. The number of carbonyl (C=O) groups excluding carboxylic acids is 1. The van der Waals surface area contributed by atoms with Crippen molar-refractivity contribution in [3.63, 3.8) is 0 Å². The summed E-state index contributed by atoms with van der Waals surface area (Å²) in [6.07, 6.45) is 0.291.